The molecule has 3 aromatic rings. The van der Waals surface area contributed by atoms with Crippen molar-refractivity contribution in [3.63, 3.8) is 0 Å². The number of aryl methyl sites for hydroxylation is 1. The van der Waals surface area contributed by atoms with Crippen LogP contribution < -0.4 is 10.2 Å². The molecule has 27 heavy (non-hydrogen) atoms. The number of anilines is 1. The van der Waals surface area contributed by atoms with E-state index in [9.17, 15) is 0 Å². The normalized spacial score (nSPS) is 14.0. The number of nitrogens with zero attached hydrogens (tertiary/aromatic N) is 3. The van der Waals surface area contributed by atoms with Crippen LogP contribution >= 0.6 is 23.1 Å². The summed E-state index contributed by atoms with van der Waals surface area (Å²) in [5.41, 5.74) is 5.34. The highest BCUT2D eigenvalue weighted by Gasteiger charge is 2.25. The van der Waals surface area contributed by atoms with Crippen LogP contribution in [0.2, 0.25) is 0 Å². The van der Waals surface area contributed by atoms with E-state index in [-0.39, 0.29) is 0 Å². The van der Waals surface area contributed by atoms with Gasteiger partial charge in [0.05, 0.1) is 37.4 Å². The first-order chi connectivity index (χ1) is 13.0. The second-order valence-corrected chi connectivity index (χ2v) is 9.64. The number of fused-ring (bicyclic) bond motifs is 5. The number of aromatic nitrogens is 3. The molecular weight excluding hydrogens is 374 g/mol. The molecule has 0 saturated carbocycles. The first kappa shape index (κ1) is 18.9. The molecule has 1 aliphatic carbocycles. The molecule has 0 atom stereocenters. The summed E-state index contributed by atoms with van der Waals surface area (Å²) >= 11 is 3.36. The van der Waals surface area contributed by atoms with Crippen LogP contribution in [0.5, 0.6) is 0 Å². The topological polar surface area (TPSA) is 55.1 Å². The Labute approximate surface area is 169 Å². The molecule has 3 aromatic heterocycles. The third-order valence-corrected chi connectivity index (χ3v) is 6.82. The smallest absolute Gasteiger partial charge is 0.189 e. The molecule has 0 fully saturated rings. The van der Waals surface area contributed by atoms with E-state index in [0.29, 0.717) is 5.92 Å². The van der Waals surface area contributed by atoms with E-state index in [2.05, 4.69) is 33.3 Å². The Hall–Kier alpha value is -1.44. The van der Waals surface area contributed by atoms with Crippen LogP contribution in [0.4, 0.5) is 5.82 Å². The molecule has 0 aromatic carbocycles. The lowest BCUT2D eigenvalue weighted by molar-refractivity contribution is -0.856. The molecule has 144 valence electrons. The average molecular weight is 403 g/mol. The number of hydrogen-bond donors (Lipinski definition) is 2. The van der Waals surface area contributed by atoms with Crippen molar-refractivity contribution in [3.8, 4) is 0 Å². The summed E-state index contributed by atoms with van der Waals surface area (Å²) in [4.78, 5) is 17.3. The molecule has 0 spiro atoms. The fourth-order valence-corrected chi connectivity index (χ4v) is 5.38. The Morgan fingerprint density at radius 2 is 1.93 bits per heavy atom. The number of quaternary nitrogens is 1. The van der Waals surface area contributed by atoms with Crippen molar-refractivity contribution in [2.75, 3.05) is 38.8 Å². The minimum absolute atomic E-state index is 0.458. The van der Waals surface area contributed by atoms with Gasteiger partial charge in [-0.15, -0.1) is 11.3 Å². The van der Waals surface area contributed by atoms with Crippen LogP contribution in [-0.2, 0) is 12.8 Å². The SMILES string of the molecule is CSc1nc(NCC[NH+](C)C)c2sc3nc(C(C)C)c4c(c3c2n1)CCC4. The van der Waals surface area contributed by atoms with Gasteiger partial charge in [-0.05, 0) is 42.6 Å². The summed E-state index contributed by atoms with van der Waals surface area (Å²) in [5.74, 6) is 1.42. The summed E-state index contributed by atoms with van der Waals surface area (Å²) in [5, 5.41) is 5.68. The maximum Gasteiger partial charge on any atom is 0.189 e. The zero-order chi connectivity index (χ0) is 19.1. The second kappa shape index (κ2) is 7.53. The fraction of sp³-hybridized carbons (Fsp3) is 0.550. The average Bonchev–Trinajstić information content (AvgIpc) is 3.24. The quantitative estimate of drug-likeness (QED) is 0.490. The molecule has 0 unspecified atom stereocenters. The zero-order valence-corrected chi connectivity index (χ0v) is 18.4. The minimum Gasteiger partial charge on any atom is -0.363 e. The van der Waals surface area contributed by atoms with Crippen LogP contribution in [-0.4, -0.2) is 48.4 Å². The van der Waals surface area contributed by atoms with Gasteiger partial charge < -0.3 is 10.2 Å². The van der Waals surface area contributed by atoms with Crippen LogP contribution in [0.25, 0.3) is 20.4 Å². The number of hydrogen-bond acceptors (Lipinski definition) is 6. The van der Waals surface area contributed by atoms with Gasteiger partial charge >= 0.3 is 0 Å². The summed E-state index contributed by atoms with van der Waals surface area (Å²) in [6, 6.07) is 0. The minimum atomic E-state index is 0.458. The van der Waals surface area contributed by atoms with E-state index in [1.165, 1.54) is 33.5 Å². The summed E-state index contributed by atoms with van der Waals surface area (Å²) in [7, 11) is 4.34. The zero-order valence-electron chi connectivity index (χ0n) is 16.8. The summed E-state index contributed by atoms with van der Waals surface area (Å²) in [6.45, 7) is 6.46. The number of thioether (sulfide) groups is 1. The van der Waals surface area contributed by atoms with Gasteiger partial charge in [0.15, 0.2) is 5.16 Å². The number of nitrogens with one attached hydrogen (secondary N) is 2. The lowest BCUT2D eigenvalue weighted by Gasteiger charge is -2.12. The van der Waals surface area contributed by atoms with E-state index in [0.717, 1.165) is 52.0 Å². The Balaban J connectivity index is 1.93. The third kappa shape index (κ3) is 3.41. The lowest BCUT2D eigenvalue weighted by Crippen LogP contribution is -3.06. The number of thiophene rings is 1. The molecule has 0 saturated heterocycles. The Kier molecular flexibility index (Phi) is 5.27. The van der Waals surface area contributed by atoms with Gasteiger partial charge in [-0.1, -0.05) is 25.6 Å². The van der Waals surface area contributed by atoms with Crippen molar-refractivity contribution < 1.29 is 4.90 Å². The van der Waals surface area contributed by atoms with Crippen LogP contribution in [0, 0.1) is 0 Å². The molecule has 0 bridgehead atoms. The van der Waals surface area contributed by atoms with E-state index in [4.69, 9.17) is 15.0 Å². The molecule has 0 amide bonds. The molecule has 1 aliphatic rings. The second-order valence-electron chi connectivity index (χ2n) is 7.87. The van der Waals surface area contributed by atoms with Crippen LogP contribution in [0.15, 0.2) is 5.16 Å². The van der Waals surface area contributed by atoms with Gasteiger partial charge in [0.1, 0.15) is 10.6 Å². The van der Waals surface area contributed by atoms with Gasteiger partial charge in [-0.2, -0.15) is 0 Å². The van der Waals surface area contributed by atoms with Crippen LogP contribution in [0.1, 0.15) is 43.0 Å². The number of rotatable bonds is 6. The molecule has 2 N–H and O–H groups in total. The predicted molar refractivity (Wildman–Crippen MR) is 117 cm³/mol. The molecule has 7 heteroatoms. The van der Waals surface area contributed by atoms with E-state index < -0.39 is 0 Å². The van der Waals surface area contributed by atoms with Crippen molar-refractivity contribution in [3.05, 3.63) is 16.8 Å². The molecule has 5 nitrogen and oxygen atoms in total. The third-order valence-electron chi connectivity index (χ3n) is 5.19. The largest absolute Gasteiger partial charge is 0.363 e. The molecule has 0 radical (unpaired) electrons. The van der Waals surface area contributed by atoms with E-state index in [1.807, 2.05) is 6.26 Å². The molecule has 0 aliphatic heterocycles. The number of likely N-dealkylation sites (N-methyl/N-ethyl adjacent to an activating group) is 1. The Bertz CT molecular complexity index is 993. The first-order valence-electron chi connectivity index (χ1n) is 9.72. The van der Waals surface area contributed by atoms with Gasteiger partial charge in [0.2, 0.25) is 0 Å². The summed E-state index contributed by atoms with van der Waals surface area (Å²) < 4.78 is 1.15. The van der Waals surface area contributed by atoms with Gasteiger partial charge in [0, 0.05) is 11.1 Å². The van der Waals surface area contributed by atoms with Crippen molar-refractivity contribution in [2.45, 2.75) is 44.2 Å². The Morgan fingerprint density at radius 1 is 1.15 bits per heavy atom. The Morgan fingerprint density at radius 3 is 2.63 bits per heavy atom. The lowest BCUT2D eigenvalue weighted by atomic mass is 9.99. The predicted octanol–water partition coefficient (Wildman–Crippen LogP) is 3.13. The van der Waals surface area contributed by atoms with Crippen molar-refractivity contribution in [2.24, 2.45) is 0 Å². The van der Waals surface area contributed by atoms with Crippen molar-refractivity contribution in [1.82, 2.24) is 15.0 Å². The molecule has 3 heterocycles. The van der Waals surface area contributed by atoms with Crippen molar-refractivity contribution in [1.29, 1.82) is 0 Å². The van der Waals surface area contributed by atoms with E-state index >= 15 is 0 Å². The van der Waals surface area contributed by atoms with Gasteiger partial charge in [0.25, 0.3) is 0 Å². The highest BCUT2D eigenvalue weighted by Crippen LogP contribution is 2.43. The maximum atomic E-state index is 5.10. The first-order valence-corrected chi connectivity index (χ1v) is 11.8. The van der Waals surface area contributed by atoms with Crippen LogP contribution in [0.3, 0.4) is 0 Å². The molecular formula is C20H28N5S2+. The van der Waals surface area contributed by atoms with Crippen molar-refractivity contribution >= 4 is 49.3 Å². The number of pyridine rings is 1. The van der Waals surface area contributed by atoms with Gasteiger partial charge in [-0.3, -0.25) is 0 Å². The van der Waals surface area contributed by atoms with E-state index in [1.54, 1.807) is 23.1 Å². The fourth-order valence-electron chi connectivity index (χ4n) is 3.89. The highest BCUT2D eigenvalue weighted by molar-refractivity contribution is 7.98. The molecule has 4 rings (SSSR count). The summed E-state index contributed by atoms with van der Waals surface area (Å²) in [6.07, 6.45) is 5.57. The monoisotopic (exact) mass is 402 g/mol. The van der Waals surface area contributed by atoms with Gasteiger partial charge in [-0.25, -0.2) is 15.0 Å². The standard InChI is InChI=1S/C20H27N5S2/c1-11(2)15-13-8-6-7-12(13)14-16-17(27-19(14)22-15)18(21-9-10-25(3)4)24-20(23-16)26-5/h11H,6-10H2,1-5H3,(H,21,23,24)/p+1. The maximum absolute atomic E-state index is 5.10. The highest BCUT2D eigenvalue weighted by atomic mass is 32.2.